The van der Waals surface area contributed by atoms with Gasteiger partial charge in [-0.15, -0.1) is 0 Å². The minimum atomic E-state index is -0.498. The van der Waals surface area contributed by atoms with Gasteiger partial charge in [-0.2, -0.15) is 10.4 Å². The number of nitriles is 1. The van der Waals surface area contributed by atoms with Gasteiger partial charge in [-0.3, -0.25) is 9.59 Å². The number of fused-ring (bicyclic) bond motifs is 1. The Kier molecular flexibility index (Phi) is 4.67. The maximum absolute atomic E-state index is 12.8. The van der Waals surface area contributed by atoms with Crippen LogP contribution in [0.25, 0.3) is 0 Å². The van der Waals surface area contributed by atoms with Crippen LogP contribution in [0.15, 0.2) is 4.79 Å². The van der Waals surface area contributed by atoms with Crippen LogP contribution in [0.3, 0.4) is 0 Å². The second-order valence-electron chi connectivity index (χ2n) is 6.51. The van der Waals surface area contributed by atoms with Crippen molar-refractivity contribution in [2.75, 3.05) is 13.2 Å². The van der Waals surface area contributed by atoms with E-state index in [1.807, 2.05) is 11.0 Å². The van der Waals surface area contributed by atoms with E-state index in [-0.39, 0.29) is 30.2 Å². The van der Waals surface area contributed by atoms with Crippen molar-refractivity contribution in [3.63, 3.8) is 0 Å². The second kappa shape index (κ2) is 6.73. The molecule has 128 valence electrons. The highest BCUT2D eigenvalue weighted by Crippen LogP contribution is 2.28. The lowest BCUT2D eigenvalue weighted by Crippen LogP contribution is -2.56. The van der Waals surface area contributed by atoms with Gasteiger partial charge in [-0.25, -0.2) is 4.68 Å². The average molecular weight is 330 g/mol. The molecule has 0 N–H and O–H groups in total. The van der Waals surface area contributed by atoms with Gasteiger partial charge in [0, 0.05) is 6.54 Å². The van der Waals surface area contributed by atoms with Crippen LogP contribution in [0.2, 0.25) is 0 Å². The van der Waals surface area contributed by atoms with Gasteiger partial charge >= 0.3 is 0 Å². The molecule has 7 heteroatoms. The summed E-state index contributed by atoms with van der Waals surface area (Å²) in [5, 5.41) is 13.4. The van der Waals surface area contributed by atoms with Crippen LogP contribution in [-0.4, -0.2) is 45.9 Å². The number of ether oxygens (including phenoxy) is 1. The summed E-state index contributed by atoms with van der Waals surface area (Å²) in [5.41, 5.74) is 0.733. The van der Waals surface area contributed by atoms with Crippen LogP contribution in [0.4, 0.5) is 0 Å². The maximum atomic E-state index is 12.8. The lowest BCUT2D eigenvalue weighted by molar-refractivity contribution is -0.150. The Morgan fingerprint density at radius 1 is 1.38 bits per heavy atom. The van der Waals surface area contributed by atoms with Gasteiger partial charge in [0.2, 0.25) is 5.91 Å². The minimum Gasteiger partial charge on any atom is -0.374 e. The number of hydrogen-bond acceptors (Lipinski definition) is 5. The molecule has 0 aromatic carbocycles. The van der Waals surface area contributed by atoms with Crippen LogP contribution in [0, 0.1) is 25.2 Å². The zero-order valence-electron chi connectivity index (χ0n) is 14.1. The molecule has 1 aromatic heterocycles. The number of nitrogens with zero attached hydrogens (tertiary/aromatic N) is 4. The third-order valence-corrected chi connectivity index (χ3v) is 5.09. The standard InChI is InChI=1S/C17H22N4O3/c1-11-12(2)19-21(17(23)13(11)9-18)10-16(22)20-7-8-24-15-6-4-3-5-14(15)20/h14-15H,3-8,10H2,1-2H3/t14-,15-/m0/s1. The van der Waals surface area contributed by atoms with Crippen molar-refractivity contribution < 1.29 is 9.53 Å². The summed E-state index contributed by atoms with van der Waals surface area (Å²) in [7, 11) is 0. The Morgan fingerprint density at radius 3 is 2.88 bits per heavy atom. The molecule has 2 atom stereocenters. The Balaban J connectivity index is 1.84. The minimum absolute atomic E-state index is 0.0628. The SMILES string of the molecule is Cc1nn(CC(=O)N2CCO[C@H]3CCCC[C@@H]32)c(=O)c(C#N)c1C. The van der Waals surface area contributed by atoms with E-state index in [1.165, 1.54) is 0 Å². The van der Waals surface area contributed by atoms with Crippen LogP contribution < -0.4 is 5.56 Å². The molecule has 0 unspecified atom stereocenters. The van der Waals surface area contributed by atoms with Crippen molar-refractivity contribution in [3.05, 3.63) is 27.2 Å². The van der Waals surface area contributed by atoms with E-state index in [1.54, 1.807) is 13.8 Å². The monoisotopic (exact) mass is 330 g/mol. The van der Waals surface area contributed by atoms with E-state index in [4.69, 9.17) is 4.74 Å². The lowest BCUT2D eigenvalue weighted by atomic mass is 9.90. The normalized spacial score (nSPS) is 23.5. The molecule has 2 fully saturated rings. The topological polar surface area (TPSA) is 88.2 Å². The first-order valence-electron chi connectivity index (χ1n) is 8.42. The first kappa shape index (κ1) is 16.7. The zero-order valence-corrected chi connectivity index (χ0v) is 14.1. The summed E-state index contributed by atoms with van der Waals surface area (Å²) in [5.74, 6) is -0.128. The molecule has 1 aliphatic carbocycles. The Bertz CT molecular complexity index is 747. The Hall–Kier alpha value is -2.20. The van der Waals surface area contributed by atoms with Crippen molar-refractivity contribution in [1.29, 1.82) is 5.26 Å². The molecule has 0 bridgehead atoms. The van der Waals surface area contributed by atoms with Crippen molar-refractivity contribution in [2.45, 2.75) is 58.2 Å². The van der Waals surface area contributed by atoms with Crippen molar-refractivity contribution >= 4 is 5.91 Å². The number of aromatic nitrogens is 2. The highest BCUT2D eigenvalue weighted by atomic mass is 16.5. The van der Waals surface area contributed by atoms with E-state index >= 15 is 0 Å². The predicted octanol–water partition coefficient (Wildman–Crippen LogP) is 0.902. The van der Waals surface area contributed by atoms with Gasteiger partial charge in [-0.1, -0.05) is 12.8 Å². The summed E-state index contributed by atoms with van der Waals surface area (Å²) in [6.07, 6.45) is 4.25. The fraction of sp³-hybridized carbons (Fsp3) is 0.647. The fourth-order valence-electron chi connectivity index (χ4n) is 3.64. The van der Waals surface area contributed by atoms with E-state index in [9.17, 15) is 14.9 Å². The lowest BCUT2D eigenvalue weighted by Gasteiger charge is -2.43. The molecular weight excluding hydrogens is 308 g/mol. The fourth-order valence-corrected chi connectivity index (χ4v) is 3.64. The molecule has 1 amide bonds. The summed E-state index contributed by atoms with van der Waals surface area (Å²) >= 11 is 0. The Labute approximate surface area is 140 Å². The quantitative estimate of drug-likeness (QED) is 0.804. The van der Waals surface area contributed by atoms with Gasteiger partial charge in [0.15, 0.2) is 0 Å². The number of carbonyl (C=O) groups is 1. The number of morpholine rings is 1. The van der Waals surface area contributed by atoms with Crippen molar-refractivity contribution in [3.8, 4) is 6.07 Å². The maximum Gasteiger partial charge on any atom is 0.285 e. The third-order valence-electron chi connectivity index (χ3n) is 5.09. The smallest absolute Gasteiger partial charge is 0.285 e. The van der Waals surface area contributed by atoms with Crippen molar-refractivity contribution in [2.24, 2.45) is 0 Å². The largest absolute Gasteiger partial charge is 0.374 e. The van der Waals surface area contributed by atoms with Crippen LogP contribution in [0.5, 0.6) is 0 Å². The molecule has 0 radical (unpaired) electrons. The van der Waals surface area contributed by atoms with E-state index < -0.39 is 5.56 Å². The van der Waals surface area contributed by atoms with E-state index in [2.05, 4.69) is 5.10 Å². The molecule has 1 aromatic rings. The molecule has 0 spiro atoms. The van der Waals surface area contributed by atoms with Gasteiger partial charge in [0.25, 0.3) is 5.56 Å². The van der Waals surface area contributed by atoms with Gasteiger partial charge < -0.3 is 9.64 Å². The zero-order chi connectivity index (χ0) is 17.3. The molecular formula is C17H22N4O3. The highest BCUT2D eigenvalue weighted by molar-refractivity contribution is 5.76. The van der Waals surface area contributed by atoms with E-state index in [0.717, 1.165) is 30.4 Å². The highest BCUT2D eigenvalue weighted by Gasteiger charge is 2.36. The first-order chi connectivity index (χ1) is 11.5. The van der Waals surface area contributed by atoms with Gasteiger partial charge in [-0.05, 0) is 32.3 Å². The summed E-state index contributed by atoms with van der Waals surface area (Å²) in [4.78, 5) is 27.0. The molecule has 2 heterocycles. The average Bonchev–Trinajstić information content (AvgIpc) is 2.59. The second-order valence-corrected chi connectivity index (χ2v) is 6.51. The van der Waals surface area contributed by atoms with E-state index in [0.29, 0.717) is 24.4 Å². The Morgan fingerprint density at radius 2 is 2.12 bits per heavy atom. The van der Waals surface area contributed by atoms with Gasteiger partial charge in [0.05, 0.1) is 24.4 Å². The summed E-state index contributed by atoms with van der Waals surface area (Å²) in [6.45, 7) is 4.39. The third kappa shape index (κ3) is 2.94. The summed E-state index contributed by atoms with van der Waals surface area (Å²) < 4.78 is 6.91. The molecule has 1 aliphatic heterocycles. The number of amides is 1. The van der Waals surface area contributed by atoms with Gasteiger partial charge in [0.1, 0.15) is 18.2 Å². The number of hydrogen-bond donors (Lipinski definition) is 0. The molecule has 2 aliphatic rings. The first-order valence-corrected chi connectivity index (χ1v) is 8.42. The van der Waals surface area contributed by atoms with Crippen LogP contribution in [-0.2, 0) is 16.1 Å². The number of carbonyl (C=O) groups excluding carboxylic acids is 1. The molecule has 1 saturated heterocycles. The predicted molar refractivity (Wildman–Crippen MR) is 86.4 cm³/mol. The van der Waals surface area contributed by atoms with Crippen LogP contribution in [0.1, 0.15) is 42.5 Å². The number of aryl methyl sites for hydroxylation is 1. The molecule has 3 rings (SSSR count). The van der Waals surface area contributed by atoms with Crippen LogP contribution >= 0.6 is 0 Å². The summed E-state index contributed by atoms with van der Waals surface area (Å²) in [6, 6.07) is 2.02. The number of rotatable bonds is 2. The van der Waals surface area contributed by atoms with Crippen molar-refractivity contribution in [1.82, 2.24) is 14.7 Å². The molecule has 1 saturated carbocycles. The molecule has 24 heavy (non-hydrogen) atoms. The molecule has 7 nitrogen and oxygen atoms in total.